The molecule has 0 fully saturated rings. The molecule has 1 aromatic heterocycles. The fourth-order valence-corrected chi connectivity index (χ4v) is 2.24. The Labute approximate surface area is 167 Å². The summed E-state index contributed by atoms with van der Waals surface area (Å²) in [7, 11) is 0. The SMILES string of the molecule is NN(O)NC(O)(O)C(O)(O)Nc1nonc1C(=Nc1cc(O)c(F)c(Br)c1)NO. The molecule has 0 radical (unpaired) electrons. The normalized spacial score (nSPS) is 13.1. The number of nitrogens with two attached hydrogens (primary N) is 1. The number of aromatic nitrogens is 2. The minimum absolute atomic E-state index is 0.111. The third-order valence-electron chi connectivity index (χ3n) is 3.10. The summed E-state index contributed by atoms with van der Waals surface area (Å²) >= 11 is 2.84. The van der Waals surface area contributed by atoms with Gasteiger partial charge in [-0.25, -0.2) is 19.9 Å². The highest BCUT2D eigenvalue weighted by Gasteiger charge is 2.50. The summed E-state index contributed by atoms with van der Waals surface area (Å²) in [5, 5.41) is 74.1. The molecular weight excluding hydrogens is 471 g/mol. The van der Waals surface area contributed by atoms with E-state index in [1.54, 1.807) is 10.8 Å². The number of halogens is 2. The van der Waals surface area contributed by atoms with Crippen LogP contribution in [0.2, 0.25) is 0 Å². The Bertz CT molecular complexity index is 884. The minimum Gasteiger partial charge on any atom is -0.505 e. The molecule has 0 spiro atoms. The molecule has 0 aliphatic heterocycles. The quantitative estimate of drug-likeness (QED) is 0.0636. The molecule has 0 aliphatic carbocycles. The monoisotopic (exact) mass is 484 g/mol. The molecule has 18 heteroatoms. The number of hydroxylamine groups is 1. The fraction of sp³-hybridized carbons (Fsp3) is 0.182. The van der Waals surface area contributed by atoms with Gasteiger partial charge in [-0.15, -0.1) is 0 Å². The molecule has 0 saturated heterocycles. The number of aliphatic imine (C=N–C) groups is 1. The lowest BCUT2D eigenvalue weighted by atomic mass is 10.3. The van der Waals surface area contributed by atoms with Crippen LogP contribution in [-0.2, 0) is 0 Å². The van der Waals surface area contributed by atoms with Crippen molar-refractivity contribution >= 4 is 33.3 Å². The number of hydrazine groups is 2. The number of phenolic OH excluding ortho intramolecular Hbond substituents is 1. The molecule has 2 rings (SSSR count). The number of hydrogen-bond donors (Lipinski definition) is 11. The van der Waals surface area contributed by atoms with Crippen LogP contribution in [0, 0.1) is 5.82 Å². The lowest BCUT2D eigenvalue weighted by Gasteiger charge is -2.35. The van der Waals surface area contributed by atoms with Crippen LogP contribution in [0.5, 0.6) is 5.75 Å². The molecule has 0 bridgehead atoms. The number of benzene rings is 1. The highest BCUT2D eigenvalue weighted by molar-refractivity contribution is 9.10. The van der Waals surface area contributed by atoms with Crippen molar-refractivity contribution in [2.45, 2.75) is 11.8 Å². The van der Waals surface area contributed by atoms with Crippen molar-refractivity contribution in [1.29, 1.82) is 0 Å². The first-order valence-corrected chi connectivity index (χ1v) is 7.86. The second-order valence-electron chi connectivity index (χ2n) is 5.22. The van der Waals surface area contributed by atoms with E-state index in [0.717, 1.165) is 12.1 Å². The van der Waals surface area contributed by atoms with Crippen LogP contribution in [0.3, 0.4) is 0 Å². The van der Waals surface area contributed by atoms with Crippen molar-refractivity contribution in [2.75, 3.05) is 5.32 Å². The second kappa shape index (κ2) is 8.46. The van der Waals surface area contributed by atoms with Crippen molar-refractivity contribution in [1.82, 2.24) is 26.5 Å². The van der Waals surface area contributed by atoms with E-state index in [1.165, 1.54) is 5.43 Å². The number of rotatable bonds is 7. The first-order valence-electron chi connectivity index (χ1n) is 7.07. The Morgan fingerprint density at radius 1 is 1.24 bits per heavy atom. The summed E-state index contributed by atoms with van der Waals surface area (Å²) in [6, 6.07) is 2.00. The van der Waals surface area contributed by atoms with E-state index in [9.17, 15) is 35.1 Å². The molecule has 29 heavy (non-hydrogen) atoms. The molecule has 0 atom stereocenters. The predicted molar refractivity (Wildman–Crippen MR) is 90.1 cm³/mol. The first-order chi connectivity index (χ1) is 13.4. The predicted octanol–water partition coefficient (Wildman–Crippen LogP) is -2.51. The zero-order valence-corrected chi connectivity index (χ0v) is 15.4. The second-order valence-corrected chi connectivity index (χ2v) is 6.07. The maximum Gasteiger partial charge on any atom is 0.320 e. The summed E-state index contributed by atoms with van der Waals surface area (Å²) in [5.41, 5.74) is 2.20. The highest BCUT2D eigenvalue weighted by Crippen LogP contribution is 2.30. The Balaban J connectivity index is 2.39. The molecule has 1 aromatic carbocycles. The van der Waals surface area contributed by atoms with E-state index < -0.39 is 46.0 Å². The van der Waals surface area contributed by atoms with Gasteiger partial charge < -0.3 is 30.8 Å². The molecule has 0 saturated carbocycles. The summed E-state index contributed by atoms with van der Waals surface area (Å²) in [5.74, 6) is -5.68. The first kappa shape index (κ1) is 22.8. The Hall–Kier alpha value is -2.52. The zero-order chi connectivity index (χ0) is 22.0. The van der Waals surface area contributed by atoms with E-state index in [0.29, 0.717) is 0 Å². The fourth-order valence-electron chi connectivity index (χ4n) is 1.80. The molecule has 16 nitrogen and oxygen atoms in total. The minimum atomic E-state index is -3.69. The largest absolute Gasteiger partial charge is 0.505 e. The number of anilines is 1. The number of amidine groups is 1. The van der Waals surface area contributed by atoms with Gasteiger partial charge in [0.2, 0.25) is 5.82 Å². The molecule has 0 unspecified atom stereocenters. The molecule has 160 valence electrons. The topological polar surface area (TPSA) is 258 Å². The van der Waals surface area contributed by atoms with Crippen molar-refractivity contribution < 1.29 is 45.0 Å². The van der Waals surface area contributed by atoms with Crippen LogP contribution in [0.25, 0.3) is 0 Å². The van der Waals surface area contributed by atoms with Gasteiger partial charge in [-0.2, -0.15) is 5.43 Å². The van der Waals surface area contributed by atoms with Gasteiger partial charge in [0, 0.05) is 6.07 Å². The maximum atomic E-state index is 13.5. The summed E-state index contributed by atoms with van der Waals surface area (Å²) in [6.45, 7) is 0. The molecule has 0 amide bonds. The van der Waals surface area contributed by atoms with Gasteiger partial charge in [0.05, 0.1) is 10.2 Å². The van der Waals surface area contributed by atoms with E-state index in [1.807, 2.05) is 0 Å². The smallest absolute Gasteiger partial charge is 0.320 e. The van der Waals surface area contributed by atoms with Gasteiger partial charge in [-0.3, -0.25) is 15.9 Å². The van der Waals surface area contributed by atoms with Gasteiger partial charge in [0.25, 0.3) is 0 Å². The standard InChI is InChI=1S/C11H14BrFN8O8/c12-4-1-3(2-5(22)6(4)13)15-8(17-27)7-9(19-29-18-7)16-10(23,24)11(25,26)20-21(14)28/h1-2,20,22-28H,14H2,(H,15,17)(H,16,19). The third-order valence-corrected chi connectivity index (χ3v) is 3.68. The van der Waals surface area contributed by atoms with Crippen LogP contribution in [0.15, 0.2) is 26.2 Å². The van der Waals surface area contributed by atoms with Crippen LogP contribution >= 0.6 is 15.9 Å². The number of aromatic hydroxyl groups is 1. The van der Waals surface area contributed by atoms with Crippen molar-refractivity contribution in [3.8, 4) is 5.75 Å². The zero-order valence-electron chi connectivity index (χ0n) is 13.8. The van der Waals surface area contributed by atoms with Gasteiger partial charge in [-0.1, -0.05) is 5.28 Å². The Morgan fingerprint density at radius 3 is 2.45 bits per heavy atom. The highest BCUT2D eigenvalue weighted by atomic mass is 79.9. The number of aliphatic hydroxyl groups is 4. The van der Waals surface area contributed by atoms with Crippen LogP contribution < -0.4 is 22.1 Å². The van der Waals surface area contributed by atoms with E-state index >= 15 is 0 Å². The van der Waals surface area contributed by atoms with Crippen molar-refractivity contribution in [3.05, 3.63) is 28.1 Å². The van der Waals surface area contributed by atoms with Gasteiger partial charge in [0.1, 0.15) is 0 Å². The van der Waals surface area contributed by atoms with E-state index in [2.05, 4.69) is 35.9 Å². The average molecular weight is 485 g/mol. The Morgan fingerprint density at radius 2 is 1.90 bits per heavy atom. The summed E-state index contributed by atoms with van der Waals surface area (Å²) < 4.78 is 17.7. The molecule has 0 aliphatic rings. The number of hydrogen-bond acceptors (Lipinski definition) is 15. The molecule has 12 N–H and O–H groups in total. The number of nitrogens with one attached hydrogen (secondary N) is 3. The van der Waals surface area contributed by atoms with Gasteiger partial charge in [-0.05, 0) is 32.3 Å². The molecule has 2 aromatic rings. The Kier molecular flexibility index (Phi) is 6.64. The molecular formula is C11H14BrFN8O8. The van der Waals surface area contributed by atoms with Crippen LogP contribution in [-0.4, -0.2) is 69.2 Å². The summed E-state index contributed by atoms with van der Waals surface area (Å²) in [4.78, 5) is 3.81. The summed E-state index contributed by atoms with van der Waals surface area (Å²) in [6.07, 6.45) is 0. The van der Waals surface area contributed by atoms with E-state index in [4.69, 9.17) is 11.0 Å². The van der Waals surface area contributed by atoms with Gasteiger partial charge >= 0.3 is 11.8 Å². The lowest BCUT2D eigenvalue weighted by molar-refractivity contribution is -0.393. The van der Waals surface area contributed by atoms with E-state index in [-0.39, 0.29) is 10.2 Å². The number of nitrogens with zero attached hydrogens (tertiary/aromatic N) is 4. The maximum absolute atomic E-state index is 13.5. The van der Waals surface area contributed by atoms with Crippen LogP contribution in [0.4, 0.5) is 15.9 Å². The van der Waals surface area contributed by atoms with Gasteiger partial charge in [0.15, 0.2) is 23.1 Å². The van der Waals surface area contributed by atoms with Crippen molar-refractivity contribution in [2.24, 2.45) is 10.8 Å². The van der Waals surface area contributed by atoms with Crippen molar-refractivity contribution in [3.63, 3.8) is 0 Å². The average Bonchev–Trinajstić information content (AvgIpc) is 3.03. The third kappa shape index (κ3) is 5.10. The number of phenols is 1. The molecule has 1 heterocycles. The lowest BCUT2D eigenvalue weighted by Crippen LogP contribution is -2.71. The van der Waals surface area contributed by atoms with Crippen LogP contribution in [0.1, 0.15) is 5.69 Å².